The molecule has 6 nitrogen and oxygen atoms in total. The van der Waals surface area contributed by atoms with Crippen molar-refractivity contribution in [2.24, 2.45) is 10.2 Å². The minimum absolute atomic E-state index is 0.248. The first kappa shape index (κ1) is 22.9. The van der Waals surface area contributed by atoms with E-state index in [0.29, 0.717) is 0 Å². The number of para-hydroxylation sites is 1. The third kappa shape index (κ3) is 4.19. The van der Waals surface area contributed by atoms with Crippen LogP contribution in [-0.2, 0) is 9.53 Å². The second kappa shape index (κ2) is 9.40. The summed E-state index contributed by atoms with van der Waals surface area (Å²) in [5.41, 5.74) is 3.44. The number of hydrogen-bond donors (Lipinski definition) is 0. The fourth-order valence-electron chi connectivity index (χ4n) is 3.66. The summed E-state index contributed by atoms with van der Waals surface area (Å²) in [7, 11) is 1.36. The molecule has 2 aliphatic rings. The number of methoxy groups -OCH3 is 1. The van der Waals surface area contributed by atoms with Gasteiger partial charge in [-0.25, -0.2) is 14.8 Å². The zero-order chi connectivity index (χ0) is 23.7. The van der Waals surface area contributed by atoms with Crippen molar-refractivity contribution in [1.29, 1.82) is 0 Å². The van der Waals surface area contributed by atoms with E-state index in [1.807, 2.05) is 101 Å². The van der Waals surface area contributed by atoms with Gasteiger partial charge < -0.3 is 4.74 Å². The molecule has 2 aliphatic heterocycles. The lowest BCUT2D eigenvalue weighted by molar-refractivity contribution is -0.132. The van der Waals surface area contributed by atoms with E-state index in [4.69, 9.17) is 9.84 Å². The lowest BCUT2D eigenvalue weighted by atomic mass is 10.1. The number of thioether (sulfide) groups is 1. The Kier molecular flexibility index (Phi) is 6.33. The van der Waals surface area contributed by atoms with Gasteiger partial charge in [-0.2, -0.15) is 10.2 Å². The molecule has 0 aliphatic carbocycles. The first-order valence-corrected chi connectivity index (χ1v) is 12.7. The van der Waals surface area contributed by atoms with Crippen molar-refractivity contribution in [2.75, 3.05) is 17.1 Å². The number of carbonyl (C=O) groups excluding carboxylic acids is 1. The van der Waals surface area contributed by atoms with Crippen LogP contribution in [0.15, 0.2) is 110 Å². The molecule has 1 spiro atoms. The normalized spacial score (nSPS) is 19.3. The van der Waals surface area contributed by atoms with Gasteiger partial charge in [-0.05, 0) is 72.4 Å². The van der Waals surface area contributed by atoms with Crippen molar-refractivity contribution < 1.29 is 9.53 Å². The molecule has 3 aromatic rings. The molecular formula is C25H18Br2N4O2S. The third-order valence-corrected chi connectivity index (χ3v) is 7.56. The largest absolute Gasteiger partial charge is 0.464 e. The molecule has 0 aromatic heterocycles. The molecule has 0 saturated heterocycles. The highest BCUT2D eigenvalue weighted by Gasteiger charge is 2.51. The standard InChI is InChI=1S/C25H18Br2N4O2S/c1-33-24(32)23-29-31(21-13-11-19(27)12-14-21)25(34-23)16-15-22(17-7-9-18(26)10-8-17)28-30(25)20-5-3-2-4-6-20/h2-16H,1H3. The number of benzene rings is 3. The number of hydrazone groups is 2. The van der Waals surface area contributed by atoms with Gasteiger partial charge in [0.15, 0.2) is 0 Å². The maximum atomic E-state index is 12.5. The van der Waals surface area contributed by atoms with Gasteiger partial charge in [-0.1, -0.05) is 62.2 Å². The number of carbonyl (C=O) groups is 1. The Hall–Kier alpha value is -2.88. The molecule has 1 unspecified atom stereocenters. The molecule has 0 N–H and O–H groups in total. The van der Waals surface area contributed by atoms with Gasteiger partial charge in [-0.15, -0.1) is 0 Å². The van der Waals surface area contributed by atoms with Gasteiger partial charge in [0.05, 0.1) is 24.2 Å². The Morgan fingerprint density at radius 1 is 0.853 bits per heavy atom. The fourth-order valence-corrected chi connectivity index (χ4v) is 5.36. The lowest BCUT2D eigenvalue weighted by Crippen LogP contribution is -2.53. The van der Waals surface area contributed by atoms with Crippen LogP contribution in [0.3, 0.4) is 0 Å². The highest BCUT2D eigenvalue weighted by molar-refractivity contribution is 9.10. The van der Waals surface area contributed by atoms with Crippen LogP contribution in [-0.4, -0.2) is 28.8 Å². The summed E-state index contributed by atoms with van der Waals surface area (Å²) in [6.07, 6.45) is 3.99. The minimum Gasteiger partial charge on any atom is -0.464 e. The van der Waals surface area contributed by atoms with Gasteiger partial charge in [0, 0.05) is 14.5 Å². The Balaban J connectivity index is 1.66. The van der Waals surface area contributed by atoms with E-state index in [0.717, 1.165) is 31.6 Å². The first-order chi connectivity index (χ1) is 16.5. The van der Waals surface area contributed by atoms with Crippen molar-refractivity contribution >= 4 is 71.7 Å². The molecule has 170 valence electrons. The number of esters is 1. The zero-order valence-corrected chi connectivity index (χ0v) is 21.9. The van der Waals surface area contributed by atoms with Crippen molar-refractivity contribution in [3.05, 3.63) is 106 Å². The van der Waals surface area contributed by atoms with E-state index in [-0.39, 0.29) is 5.04 Å². The maximum absolute atomic E-state index is 12.5. The van der Waals surface area contributed by atoms with E-state index < -0.39 is 11.0 Å². The average Bonchev–Trinajstić information content (AvgIpc) is 3.25. The van der Waals surface area contributed by atoms with Crippen molar-refractivity contribution in [2.45, 2.75) is 4.99 Å². The molecule has 0 bridgehead atoms. The Morgan fingerprint density at radius 3 is 2.09 bits per heavy atom. The van der Waals surface area contributed by atoms with Gasteiger partial charge >= 0.3 is 5.97 Å². The van der Waals surface area contributed by atoms with Crippen molar-refractivity contribution in [3.8, 4) is 0 Å². The van der Waals surface area contributed by atoms with Gasteiger partial charge in [0.2, 0.25) is 10.0 Å². The van der Waals surface area contributed by atoms with Crippen LogP contribution in [0.2, 0.25) is 0 Å². The monoisotopic (exact) mass is 596 g/mol. The van der Waals surface area contributed by atoms with Crippen LogP contribution < -0.4 is 10.0 Å². The van der Waals surface area contributed by atoms with E-state index in [2.05, 4.69) is 37.0 Å². The van der Waals surface area contributed by atoms with Crippen LogP contribution in [0, 0.1) is 0 Å². The number of anilines is 2. The van der Waals surface area contributed by atoms with E-state index >= 15 is 0 Å². The van der Waals surface area contributed by atoms with E-state index in [1.165, 1.54) is 18.9 Å². The molecule has 3 aromatic carbocycles. The number of halogens is 2. The summed E-state index contributed by atoms with van der Waals surface area (Å²) in [4.78, 5) is 11.6. The van der Waals surface area contributed by atoms with Crippen LogP contribution in [0.1, 0.15) is 5.56 Å². The van der Waals surface area contributed by atoms with E-state index in [1.54, 1.807) is 0 Å². The number of ether oxygens (including phenoxy) is 1. The molecule has 5 rings (SSSR count). The molecule has 0 radical (unpaired) electrons. The summed E-state index contributed by atoms with van der Waals surface area (Å²) in [5.74, 6) is -0.493. The summed E-state index contributed by atoms with van der Waals surface area (Å²) >= 11 is 8.27. The van der Waals surface area contributed by atoms with Gasteiger partial charge in [0.25, 0.3) is 0 Å². The smallest absolute Gasteiger partial charge is 0.365 e. The number of rotatable bonds is 4. The summed E-state index contributed by atoms with van der Waals surface area (Å²) in [6.45, 7) is 0. The average molecular weight is 598 g/mol. The Labute approximate surface area is 218 Å². The number of hydrogen-bond acceptors (Lipinski definition) is 7. The maximum Gasteiger partial charge on any atom is 0.365 e. The van der Waals surface area contributed by atoms with Crippen LogP contribution >= 0.6 is 43.6 Å². The summed E-state index contributed by atoms with van der Waals surface area (Å²) in [6, 6.07) is 25.6. The lowest BCUT2D eigenvalue weighted by Gasteiger charge is -2.43. The first-order valence-electron chi connectivity index (χ1n) is 10.3. The molecule has 1 atom stereocenters. The van der Waals surface area contributed by atoms with Crippen LogP contribution in [0.25, 0.3) is 0 Å². The van der Waals surface area contributed by atoms with Crippen LogP contribution in [0.4, 0.5) is 11.4 Å². The highest BCUT2D eigenvalue weighted by Crippen LogP contribution is 2.48. The Morgan fingerprint density at radius 2 is 1.44 bits per heavy atom. The van der Waals surface area contributed by atoms with Crippen molar-refractivity contribution in [1.82, 2.24) is 0 Å². The molecule has 0 saturated carbocycles. The highest BCUT2D eigenvalue weighted by atomic mass is 79.9. The van der Waals surface area contributed by atoms with Crippen molar-refractivity contribution in [3.63, 3.8) is 0 Å². The SMILES string of the molecule is COC(=O)C1=NN(c2ccc(Br)cc2)C2(C=CC(c3ccc(Br)cc3)=NN2c2ccccc2)S1. The van der Waals surface area contributed by atoms with Crippen LogP contribution in [0.5, 0.6) is 0 Å². The number of nitrogens with zero attached hydrogens (tertiary/aromatic N) is 4. The third-order valence-electron chi connectivity index (χ3n) is 5.28. The predicted octanol–water partition coefficient (Wildman–Crippen LogP) is 6.39. The Bertz CT molecular complexity index is 1310. The molecule has 0 amide bonds. The fraction of sp³-hybridized carbons (Fsp3) is 0.0800. The number of allylic oxidation sites excluding steroid dienone is 1. The summed E-state index contributed by atoms with van der Waals surface area (Å²) < 4.78 is 6.95. The summed E-state index contributed by atoms with van der Waals surface area (Å²) in [5, 5.41) is 13.7. The molecular weight excluding hydrogens is 580 g/mol. The zero-order valence-electron chi connectivity index (χ0n) is 17.9. The predicted molar refractivity (Wildman–Crippen MR) is 145 cm³/mol. The quantitative estimate of drug-likeness (QED) is 0.326. The second-order valence-corrected chi connectivity index (χ2v) is 10.4. The van der Waals surface area contributed by atoms with Gasteiger partial charge in [-0.3, -0.25) is 0 Å². The van der Waals surface area contributed by atoms with Gasteiger partial charge in [0.1, 0.15) is 0 Å². The molecule has 9 heteroatoms. The minimum atomic E-state index is -0.947. The molecule has 0 fully saturated rings. The molecule has 2 heterocycles. The topological polar surface area (TPSA) is 57.5 Å². The second-order valence-electron chi connectivity index (χ2n) is 7.42. The molecule has 34 heavy (non-hydrogen) atoms. The van der Waals surface area contributed by atoms with E-state index in [9.17, 15) is 4.79 Å².